The van der Waals surface area contributed by atoms with Crippen molar-refractivity contribution in [3.05, 3.63) is 35.4 Å². The van der Waals surface area contributed by atoms with E-state index in [1.54, 1.807) is 0 Å². The van der Waals surface area contributed by atoms with Gasteiger partial charge in [-0.1, -0.05) is 24.3 Å². The summed E-state index contributed by atoms with van der Waals surface area (Å²) in [6.07, 6.45) is -2.74. The largest absolute Gasteiger partial charge is 0.490 e. The molecule has 0 aliphatic carbocycles. The Morgan fingerprint density at radius 1 is 1.22 bits per heavy atom. The van der Waals surface area contributed by atoms with Crippen LogP contribution >= 0.6 is 0 Å². The number of nitrogens with two attached hydrogens (primary N) is 1. The van der Waals surface area contributed by atoms with E-state index in [0.717, 1.165) is 25.9 Å². The van der Waals surface area contributed by atoms with E-state index in [1.807, 2.05) is 11.0 Å². The van der Waals surface area contributed by atoms with Gasteiger partial charge >= 0.3 is 12.1 Å². The second-order valence-corrected chi connectivity index (χ2v) is 5.03. The van der Waals surface area contributed by atoms with E-state index in [1.165, 1.54) is 11.1 Å². The molecule has 0 atom stereocenters. The van der Waals surface area contributed by atoms with Gasteiger partial charge in [-0.3, -0.25) is 4.79 Å². The summed E-state index contributed by atoms with van der Waals surface area (Å²) in [5.41, 5.74) is 8.08. The third-order valence-electron chi connectivity index (χ3n) is 3.32. The first kappa shape index (κ1) is 19.0. The predicted molar refractivity (Wildman–Crippen MR) is 77.5 cm³/mol. The van der Waals surface area contributed by atoms with Crippen LogP contribution in [0.15, 0.2) is 24.3 Å². The van der Waals surface area contributed by atoms with Gasteiger partial charge in [0.05, 0.1) is 0 Å². The van der Waals surface area contributed by atoms with E-state index in [0.29, 0.717) is 13.0 Å². The van der Waals surface area contributed by atoms with Gasteiger partial charge < -0.3 is 15.7 Å². The van der Waals surface area contributed by atoms with E-state index in [2.05, 4.69) is 18.2 Å². The average Bonchev–Trinajstić information content (AvgIpc) is 2.51. The highest BCUT2D eigenvalue weighted by molar-refractivity contribution is 5.76. The molecule has 1 heterocycles. The minimum atomic E-state index is -5.08. The van der Waals surface area contributed by atoms with Crippen LogP contribution in [-0.4, -0.2) is 41.1 Å². The Morgan fingerprint density at radius 3 is 2.30 bits per heavy atom. The summed E-state index contributed by atoms with van der Waals surface area (Å²) >= 11 is 0. The van der Waals surface area contributed by atoms with Gasteiger partial charge in [-0.25, -0.2) is 4.79 Å². The molecule has 0 fully saturated rings. The molecule has 1 amide bonds. The van der Waals surface area contributed by atoms with Gasteiger partial charge in [0.1, 0.15) is 0 Å². The van der Waals surface area contributed by atoms with Gasteiger partial charge in [0.2, 0.25) is 5.91 Å². The van der Waals surface area contributed by atoms with Crippen molar-refractivity contribution >= 4 is 11.9 Å². The number of nitrogens with zero attached hydrogens (tertiary/aromatic N) is 1. The molecule has 1 aromatic carbocycles. The van der Waals surface area contributed by atoms with Crippen LogP contribution in [0.1, 0.15) is 24.0 Å². The first-order valence-electron chi connectivity index (χ1n) is 7.10. The van der Waals surface area contributed by atoms with E-state index >= 15 is 0 Å². The Labute approximate surface area is 131 Å². The molecule has 8 heteroatoms. The van der Waals surface area contributed by atoms with Crippen LogP contribution in [0, 0.1) is 0 Å². The molecule has 0 bridgehead atoms. The van der Waals surface area contributed by atoms with Crippen molar-refractivity contribution in [3.63, 3.8) is 0 Å². The van der Waals surface area contributed by atoms with E-state index in [-0.39, 0.29) is 5.91 Å². The lowest BCUT2D eigenvalue weighted by molar-refractivity contribution is -0.192. The maximum Gasteiger partial charge on any atom is 0.490 e. The number of fused-ring (bicyclic) bond motifs is 1. The summed E-state index contributed by atoms with van der Waals surface area (Å²) in [5, 5.41) is 7.12. The van der Waals surface area contributed by atoms with Crippen LogP contribution in [0.5, 0.6) is 0 Å². The van der Waals surface area contributed by atoms with E-state index < -0.39 is 12.1 Å². The lowest BCUT2D eigenvalue weighted by Gasteiger charge is -2.28. The van der Waals surface area contributed by atoms with Crippen LogP contribution < -0.4 is 5.73 Å². The van der Waals surface area contributed by atoms with Crippen molar-refractivity contribution < 1.29 is 27.9 Å². The summed E-state index contributed by atoms with van der Waals surface area (Å²) in [6, 6.07) is 8.35. The highest BCUT2D eigenvalue weighted by Crippen LogP contribution is 2.19. The van der Waals surface area contributed by atoms with Crippen LogP contribution in [0.25, 0.3) is 0 Å². The monoisotopic (exact) mass is 332 g/mol. The quantitative estimate of drug-likeness (QED) is 0.886. The van der Waals surface area contributed by atoms with Crippen LogP contribution in [0.2, 0.25) is 0 Å². The normalized spacial score (nSPS) is 13.7. The lowest BCUT2D eigenvalue weighted by Crippen LogP contribution is -2.36. The molecule has 1 aliphatic heterocycles. The first-order chi connectivity index (χ1) is 10.8. The van der Waals surface area contributed by atoms with Crippen LogP contribution in [-0.2, 0) is 22.6 Å². The highest BCUT2D eigenvalue weighted by atomic mass is 19.4. The third-order valence-corrected chi connectivity index (χ3v) is 3.32. The van der Waals surface area contributed by atoms with Gasteiger partial charge in [0.15, 0.2) is 0 Å². The molecule has 5 nitrogen and oxygen atoms in total. The number of hydrogen-bond donors (Lipinski definition) is 2. The molecule has 1 aromatic rings. The average molecular weight is 332 g/mol. The van der Waals surface area contributed by atoms with Gasteiger partial charge in [0.25, 0.3) is 0 Å². The van der Waals surface area contributed by atoms with Crippen molar-refractivity contribution in [1.82, 2.24) is 4.90 Å². The number of carboxylic acids is 1. The number of rotatable bonds is 3. The predicted octanol–water partition coefficient (Wildman–Crippen LogP) is 1.94. The Balaban J connectivity index is 0.000000322. The summed E-state index contributed by atoms with van der Waals surface area (Å²) < 4.78 is 31.7. The van der Waals surface area contributed by atoms with Gasteiger partial charge in [0, 0.05) is 19.5 Å². The molecule has 2 rings (SSSR count). The standard InChI is InChI=1S/C13H18N2O.C2HF3O2/c14-8-3-6-13(16)15-9-7-11-4-1-2-5-12(11)10-15;3-2(4,5)1(6)7/h1-2,4-5H,3,6-10,14H2;(H,6,7). The number of hydrogen-bond acceptors (Lipinski definition) is 3. The first-order valence-corrected chi connectivity index (χ1v) is 7.10. The second-order valence-electron chi connectivity index (χ2n) is 5.03. The van der Waals surface area contributed by atoms with Gasteiger partial charge in [-0.2, -0.15) is 13.2 Å². The molecule has 0 saturated heterocycles. The van der Waals surface area contributed by atoms with Gasteiger partial charge in [-0.05, 0) is 30.5 Å². The van der Waals surface area contributed by atoms with Crippen molar-refractivity contribution in [2.75, 3.05) is 13.1 Å². The smallest absolute Gasteiger partial charge is 0.475 e. The number of aliphatic carboxylic acids is 1. The molecular formula is C15H19F3N2O3. The van der Waals surface area contributed by atoms with Crippen molar-refractivity contribution in [3.8, 4) is 0 Å². The Morgan fingerprint density at radius 2 is 1.78 bits per heavy atom. The number of carbonyl (C=O) groups excluding carboxylic acids is 1. The summed E-state index contributed by atoms with van der Waals surface area (Å²) in [6.45, 7) is 2.20. The molecular weight excluding hydrogens is 313 g/mol. The zero-order valence-corrected chi connectivity index (χ0v) is 12.5. The number of carbonyl (C=O) groups is 2. The Kier molecular flexibility index (Phi) is 7.02. The Bertz CT molecular complexity index is 547. The summed E-state index contributed by atoms with van der Waals surface area (Å²) in [7, 11) is 0. The van der Waals surface area contributed by atoms with Crippen LogP contribution in [0.3, 0.4) is 0 Å². The molecule has 0 aromatic heterocycles. The fourth-order valence-corrected chi connectivity index (χ4v) is 2.12. The van der Waals surface area contributed by atoms with Crippen molar-refractivity contribution in [2.45, 2.75) is 32.0 Å². The minimum Gasteiger partial charge on any atom is -0.475 e. The number of amides is 1. The summed E-state index contributed by atoms with van der Waals surface area (Å²) in [4.78, 5) is 22.7. The zero-order valence-electron chi connectivity index (χ0n) is 12.5. The molecule has 0 saturated carbocycles. The molecule has 0 spiro atoms. The zero-order chi connectivity index (χ0) is 17.5. The highest BCUT2D eigenvalue weighted by Gasteiger charge is 2.38. The molecule has 1 aliphatic rings. The number of carboxylic acid groups (broad SMARTS) is 1. The fraction of sp³-hybridized carbons (Fsp3) is 0.467. The molecule has 0 radical (unpaired) electrons. The number of benzene rings is 1. The maximum atomic E-state index is 11.8. The topological polar surface area (TPSA) is 83.6 Å². The van der Waals surface area contributed by atoms with E-state index in [9.17, 15) is 18.0 Å². The number of halogens is 3. The van der Waals surface area contributed by atoms with Crippen molar-refractivity contribution in [1.29, 1.82) is 0 Å². The lowest BCUT2D eigenvalue weighted by atomic mass is 9.99. The molecule has 128 valence electrons. The molecule has 0 unspecified atom stereocenters. The van der Waals surface area contributed by atoms with E-state index in [4.69, 9.17) is 15.6 Å². The maximum absolute atomic E-state index is 11.8. The van der Waals surface area contributed by atoms with Crippen molar-refractivity contribution in [2.24, 2.45) is 5.73 Å². The fourth-order valence-electron chi connectivity index (χ4n) is 2.12. The minimum absolute atomic E-state index is 0.236. The molecule has 23 heavy (non-hydrogen) atoms. The van der Waals surface area contributed by atoms with Gasteiger partial charge in [-0.15, -0.1) is 0 Å². The second kappa shape index (κ2) is 8.52. The SMILES string of the molecule is NCCCC(=O)N1CCc2ccccc2C1.O=C(O)C(F)(F)F. The van der Waals surface area contributed by atoms with Crippen LogP contribution in [0.4, 0.5) is 13.2 Å². The third kappa shape index (κ3) is 6.27. The number of alkyl halides is 3. The Hall–Kier alpha value is -2.09. The molecule has 3 N–H and O–H groups in total. The summed E-state index contributed by atoms with van der Waals surface area (Å²) in [5.74, 6) is -2.52.